The molecule has 0 bridgehead atoms. The predicted octanol–water partition coefficient (Wildman–Crippen LogP) is 33.2. The zero-order valence-electron chi connectivity index (χ0n) is 80.1. The first-order chi connectivity index (χ1) is 59.4. The van der Waals surface area contributed by atoms with Crippen LogP contribution >= 0.6 is 90.5 Å². The van der Waals surface area contributed by atoms with E-state index in [0.29, 0.717) is 0 Å². The maximum absolute atomic E-state index is 5.67. The zero-order valence-corrected chi connectivity index (χ0v) is 93.1. The zero-order chi connectivity index (χ0) is 88.3. The molecule has 3 atom stereocenters. The first-order valence-corrected chi connectivity index (χ1v) is 62.5. The van der Waals surface area contributed by atoms with Crippen LogP contribution in [0.4, 0.5) is 22.7 Å². The quantitative estimate of drug-likeness (QED) is 0.0471. The van der Waals surface area contributed by atoms with Gasteiger partial charge in [-0.25, -0.2) is 9.48 Å². The summed E-state index contributed by atoms with van der Waals surface area (Å²) in [5.41, 5.74) is 26.8. The summed E-state index contributed by atoms with van der Waals surface area (Å²) in [5, 5.41) is 0. The van der Waals surface area contributed by atoms with Crippen molar-refractivity contribution in [2.75, 3.05) is 40.9 Å². The number of halogens is 6. The van der Waals surface area contributed by atoms with Gasteiger partial charge in [-0.1, -0.05) is 336 Å². The molecule has 6 aromatic carbocycles. The van der Waals surface area contributed by atoms with Crippen LogP contribution in [0.2, 0.25) is 0 Å². The molecule has 2 heterocycles. The molecule has 15 heteroatoms. The molecule has 17 rings (SSSR count). The molecule has 10 fully saturated rings. The van der Waals surface area contributed by atoms with Gasteiger partial charge in [-0.05, 0) is 219 Å². The van der Waals surface area contributed by atoms with E-state index in [0.717, 1.165) is 89.8 Å². The fourth-order valence-electron chi connectivity index (χ4n) is 22.4. The normalized spacial score (nSPS) is 19.4. The van der Waals surface area contributed by atoms with Gasteiger partial charge in [0.2, 0.25) is 6.34 Å². The number of hydrogen-bond acceptors (Lipinski definition) is 3. The topological polar surface area (TPSA) is 12.7 Å². The average molecular weight is 2180 g/mol. The number of anilines is 3. The summed E-state index contributed by atoms with van der Waals surface area (Å²) in [4.78, 5) is 7.22. The monoisotopic (exact) mass is 2180 g/mol. The van der Waals surface area contributed by atoms with Crippen LogP contribution < -0.4 is 27.1 Å². The molecule has 9 aliphatic carbocycles. The van der Waals surface area contributed by atoms with Crippen LogP contribution in [0.3, 0.4) is 0 Å². The van der Waals surface area contributed by atoms with Crippen LogP contribution in [0, 0.1) is 125 Å². The molecule has 0 N–H and O–H groups in total. The molecule has 2 aliphatic heterocycles. The van der Waals surface area contributed by atoms with Crippen LogP contribution in [0.5, 0.6) is 0 Å². The average Bonchev–Trinajstić information content (AvgIpc) is 1.76. The van der Waals surface area contributed by atoms with Gasteiger partial charge in [0.1, 0.15) is 24.5 Å². The van der Waals surface area contributed by atoms with E-state index in [4.69, 9.17) is 38.8 Å². The summed E-state index contributed by atoms with van der Waals surface area (Å²) in [6, 6.07) is 38.0. The molecule has 127 heavy (non-hydrogen) atoms. The van der Waals surface area contributed by atoms with Crippen LogP contribution in [-0.4, -0.2) is 63.3 Å². The molecule has 6 aromatic rings. The van der Waals surface area contributed by atoms with E-state index in [2.05, 4.69) is 192 Å². The molecule has 0 aromatic heterocycles. The van der Waals surface area contributed by atoms with E-state index in [1.807, 2.05) is 69.9 Å². The molecule has 9 saturated carbocycles. The van der Waals surface area contributed by atoms with Gasteiger partial charge in [-0.2, -0.15) is 6.67 Å². The molecular formula is C112H180Cl5IN4P3Ru2-. The van der Waals surface area contributed by atoms with Gasteiger partial charge in [0.05, 0.1) is 0 Å². The van der Waals surface area contributed by atoms with E-state index in [1.54, 1.807) is 77.0 Å². The Morgan fingerprint density at radius 1 is 0.307 bits per heavy atom. The summed E-state index contributed by atoms with van der Waals surface area (Å²) in [6.07, 6.45) is 70.4. The van der Waals surface area contributed by atoms with Crippen LogP contribution in [0.25, 0.3) is 0 Å². The fourth-order valence-corrected chi connectivity index (χ4v) is 27.5. The van der Waals surface area contributed by atoms with Gasteiger partial charge in [-0.15, -0.1) is 51.7 Å². The van der Waals surface area contributed by atoms with Gasteiger partial charge in [0.15, 0.2) is 0 Å². The van der Waals surface area contributed by atoms with Crippen LogP contribution in [0.1, 0.15) is 382 Å². The third kappa shape index (κ3) is 44.9. The molecule has 0 amide bonds. The number of rotatable bonds is 9. The van der Waals surface area contributed by atoms with Crippen molar-refractivity contribution in [1.82, 2.24) is 0 Å². The van der Waals surface area contributed by atoms with E-state index in [9.17, 15) is 0 Å². The minimum absolute atomic E-state index is 0. The molecular weight excluding hydrogens is 2000 g/mol. The van der Waals surface area contributed by atoms with Crippen LogP contribution in [0.15, 0.2) is 109 Å². The number of nitrogens with zero attached hydrogens (tertiary/aromatic N) is 4. The number of aryl methyl sites for hydroxylation is 12. The Bertz CT molecular complexity index is 3650. The molecule has 0 radical (unpaired) electrons. The molecule has 1 saturated heterocycles. The van der Waals surface area contributed by atoms with Gasteiger partial charge >= 0.3 is 147 Å². The van der Waals surface area contributed by atoms with E-state index in [-0.39, 0.29) is 51.2 Å². The predicted molar refractivity (Wildman–Crippen MR) is 585 cm³/mol. The summed E-state index contributed by atoms with van der Waals surface area (Å²) in [7, 11) is 31.4. The molecule has 11 aliphatic rings. The Morgan fingerprint density at radius 3 is 0.732 bits per heavy atom. The van der Waals surface area contributed by atoms with Crippen molar-refractivity contribution < 1.29 is 44.0 Å². The van der Waals surface area contributed by atoms with Crippen molar-refractivity contribution in [1.29, 1.82) is 0 Å². The summed E-state index contributed by atoms with van der Waals surface area (Å²) < 4.78 is 6.25. The van der Waals surface area contributed by atoms with E-state index >= 15 is 0 Å². The van der Waals surface area contributed by atoms with E-state index < -0.39 is 27.0 Å². The standard InChI is InChI=1S/2C21H27N2.3C12H22.2C7H6.3C6H13P.2CH4.5ClH.HI.2Ru/c2*1-14-9-16(3)20(17(4)10-14)22-7-8-23(13-22)21-18(5)11-15(2)12-19(21)6;3*1-3-7-11(8-4-1)12-9-5-2-6-10-12;2*1-7-5-3-2-4-6-7;3*7-6-4-2-1-3-5-6;;;;;;;;;;/h2*9-13H,7-8H2,1-6H3;3*11-12H,1-10H2;2*1-6H;3*6H,1-5,7H2;2*1H4;6*1H;;/q-1;+1;;;;;;;;;;;;;;;;;2*+2/p-5. The molecule has 0 spiro atoms. The number of hydrogen-bond donors (Lipinski definition) is 0. The van der Waals surface area contributed by atoms with Crippen molar-refractivity contribution in [3.05, 3.63) is 194 Å². The molecule has 4 nitrogen and oxygen atoms in total. The second-order valence-electron chi connectivity index (χ2n) is 39.0. The summed E-state index contributed by atoms with van der Waals surface area (Å²) in [5.74, 6) is 6.83. The van der Waals surface area contributed by atoms with Crippen molar-refractivity contribution in [3.8, 4) is 0 Å². The number of benzene rings is 6. The SMILES string of the molecule is C.C.C1CCC(C2CCCCC2)CC1.C1CCC(C2CCCCC2)CC1.C1CCC(C2CCCCC2)CC1.Cc1cc(C)c(N2C=[N+](c3c(C)cc(C)cc3C)CC2)c(C)c1.Cc1cc(C)c(N2[CH-]N(c3c(C)cc(C)cc3C)CC2)c(C)c1.I.PC1CCCCC1.PC1CCCCC1.PC1CCCCC1.[Cl-].[Cl][Ru]([Cl])=[CH]c1ccccc1.[Cl][Ru]([Cl])=[CH]c1ccccc1. The minimum atomic E-state index is -1.61. The Kier molecular flexibility index (Phi) is 62.5. The molecule has 3 unspecified atom stereocenters. The van der Waals surface area contributed by atoms with Gasteiger partial charge in [-0.3, -0.25) is 0 Å². The van der Waals surface area contributed by atoms with Crippen molar-refractivity contribution >= 4 is 129 Å². The van der Waals surface area contributed by atoms with Crippen molar-refractivity contribution in [3.63, 3.8) is 0 Å². The third-order valence-electron chi connectivity index (χ3n) is 28.2. The van der Waals surface area contributed by atoms with Gasteiger partial charge < -0.3 is 22.2 Å². The summed E-state index contributed by atoms with van der Waals surface area (Å²) in [6.45, 7) is 32.9. The maximum atomic E-state index is 5.67. The van der Waals surface area contributed by atoms with Gasteiger partial charge in [0, 0.05) is 24.5 Å². The second-order valence-corrected chi connectivity index (χ2v) is 53.3. The Morgan fingerprint density at radius 2 is 0.520 bits per heavy atom. The Balaban J connectivity index is 0.000000303. The fraction of sp³-hybridized carbons (Fsp3) is 0.643. The Hall–Kier alpha value is -1.15. The second kappa shape index (κ2) is 67.2. The first kappa shape index (κ1) is 118. The Labute approximate surface area is 838 Å². The van der Waals surface area contributed by atoms with Gasteiger partial charge in [0.25, 0.3) is 0 Å². The first-order valence-electron chi connectivity index (χ1n) is 49.5. The third-order valence-corrected chi connectivity index (χ3v) is 34.0. The van der Waals surface area contributed by atoms with Crippen molar-refractivity contribution in [2.24, 2.45) is 35.5 Å². The molecule has 722 valence electrons. The summed E-state index contributed by atoms with van der Waals surface area (Å²) >= 11 is -3.23. The van der Waals surface area contributed by atoms with E-state index in [1.165, 1.54) is 301 Å². The van der Waals surface area contributed by atoms with Crippen LogP contribution in [-0.2, 0) is 27.0 Å². The van der Waals surface area contributed by atoms with Crippen molar-refractivity contribution in [2.45, 2.75) is 404 Å².